The molecule has 4 fully saturated rings. The zero-order valence-corrected chi connectivity index (χ0v) is 17.4. The molecule has 4 saturated carbocycles. The molecule has 148 valence electrons. The Morgan fingerprint density at radius 3 is 2.46 bits per heavy atom. The van der Waals surface area contributed by atoms with E-state index in [-0.39, 0.29) is 16.6 Å². The molecule has 4 bridgehead atoms. The zero-order chi connectivity index (χ0) is 19.3. The van der Waals surface area contributed by atoms with E-state index in [0.29, 0.717) is 15.9 Å². The first-order valence-electron chi connectivity index (χ1n) is 10.1. The molecule has 0 unspecified atom stereocenters. The first-order valence-corrected chi connectivity index (χ1v) is 11.3. The quantitative estimate of drug-likeness (QED) is 0.667. The Morgan fingerprint density at radius 2 is 1.82 bits per heavy atom. The fourth-order valence-corrected chi connectivity index (χ4v) is 6.71. The third-order valence-corrected chi connectivity index (χ3v) is 7.94. The lowest BCUT2D eigenvalue weighted by atomic mass is 9.49. The molecule has 2 aromatic rings. The van der Waals surface area contributed by atoms with Crippen LogP contribution >= 0.6 is 23.4 Å². The molecule has 7 heteroatoms. The van der Waals surface area contributed by atoms with Gasteiger partial charge in [-0.25, -0.2) is 0 Å². The number of nitrogens with zero attached hydrogens (tertiary/aromatic N) is 2. The number of benzene rings is 1. The molecule has 0 radical (unpaired) electrons. The second kappa shape index (κ2) is 7.06. The van der Waals surface area contributed by atoms with Gasteiger partial charge in [-0.1, -0.05) is 35.5 Å². The average molecular weight is 418 g/mol. The molecule has 1 atom stereocenters. The highest BCUT2D eigenvalue weighted by atomic mass is 35.5. The van der Waals surface area contributed by atoms with E-state index in [9.17, 15) is 4.79 Å². The highest BCUT2D eigenvalue weighted by molar-refractivity contribution is 8.00. The van der Waals surface area contributed by atoms with E-state index in [4.69, 9.17) is 16.0 Å². The predicted octanol–water partition coefficient (Wildman–Crippen LogP) is 5.31. The molecule has 1 aromatic carbocycles. The number of hydrogen-bond donors (Lipinski definition) is 1. The van der Waals surface area contributed by atoms with Crippen molar-refractivity contribution in [1.82, 2.24) is 10.2 Å². The fourth-order valence-electron chi connectivity index (χ4n) is 5.85. The molecular weight excluding hydrogens is 394 g/mol. The number of hydrogen-bond acceptors (Lipinski definition) is 5. The van der Waals surface area contributed by atoms with Gasteiger partial charge in [-0.05, 0) is 75.3 Å². The van der Waals surface area contributed by atoms with Crippen molar-refractivity contribution < 1.29 is 9.21 Å². The van der Waals surface area contributed by atoms with Crippen LogP contribution in [-0.4, -0.2) is 21.4 Å². The summed E-state index contributed by atoms with van der Waals surface area (Å²) in [5, 5.41) is 12.2. The van der Waals surface area contributed by atoms with E-state index in [0.717, 1.165) is 23.6 Å². The molecule has 1 N–H and O–H groups in total. The Balaban J connectivity index is 1.27. The van der Waals surface area contributed by atoms with Crippen LogP contribution in [0, 0.1) is 17.8 Å². The molecular formula is C21H24ClN3O2S. The predicted molar refractivity (Wildman–Crippen MR) is 110 cm³/mol. The van der Waals surface area contributed by atoms with Gasteiger partial charge in [0, 0.05) is 5.41 Å². The molecule has 1 amide bonds. The van der Waals surface area contributed by atoms with E-state index in [1.165, 1.54) is 50.3 Å². The van der Waals surface area contributed by atoms with Crippen molar-refractivity contribution >= 4 is 35.0 Å². The molecule has 0 spiro atoms. The molecule has 0 saturated heterocycles. The van der Waals surface area contributed by atoms with E-state index < -0.39 is 0 Å². The number of rotatable bonds is 5. The van der Waals surface area contributed by atoms with Crippen LogP contribution in [-0.2, 0) is 10.2 Å². The summed E-state index contributed by atoms with van der Waals surface area (Å²) in [6.45, 7) is 1.84. The van der Waals surface area contributed by atoms with Crippen LogP contribution in [0.15, 0.2) is 33.9 Å². The maximum atomic E-state index is 12.5. The lowest BCUT2D eigenvalue weighted by molar-refractivity contribution is -0.115. The number of thioether (sulfide) groups is 1. The first kappa shape index (κ1) is 18.5. The van der Waals surface area contributed by atoms with Crippen molar-refractivity contribution in [2.75, 3.05) is 5.32 Å². The molecule has 1 aromatic heterocycles. The molecule has 5 nitrogen and oxygen atoms in total. The van der Waals surface area contributed by atoms with Crippen molar-refractivity contribution in [2.45, 2.75) is 61.3 Å². The Labute approximate surface area is 174 Å². The van der Waals surface area contributed by atoms with Crippen molar-refractivity contribution in [3.63, 3.8) is 0 Å². The molecule has 4 aliphatic rings. The summed E-state index contributed by atoms with van der Waals surface area (Å²) in [4.78, 5) is 12.5. The van der Waals surface area contributed by atoms with Gasteiger partial charge in [0.2, 0.25) is 11.8 Å². The van der Waals surface area contributed by atoms with Crippen LogP contribution in [0.1, 0.15) is 51.3 Å². The van der Waals surface area contributed by atoms with Crippen LogP contribution in [0.4, 0.5) is 5.69 Å². The number of amides is 1. The number of nitrogens with one attached hydrogen (secondary N) is 1. The SMILES string of the molecule is C[C@@H](Sc1nnc(C23CC4CC(CC(C4)C2)C3)o1)C(=O)Nc1ccccc1Cl. The third-order valence-electron chi connectivity index (χ3n) is 6.68. The van der Waals surface area contributed by atoms with E-state index >= 15 is 0 Å². The van der Waals surface area contributed by atoms with Gasteiger partial charge in [-0.2, -0.15) is 0 Å². The summed E-state index contributed by atoms with van der Waals surface area (Å²) in [7, 11) is 0. The summed E-state index contributed by atoms with van der Waals surface area (Å²) < 4.78 is 6.10. The summed E-state index contributed by atoms with van der Waals surface area (Å²) in [5.74, 6) is 3.15. The normalized spacial score (nSPS) is 31.7. The first-order chi connectivity index (χ1) is 13.5. The van der Waals surface area contributed by atoms with Crippen LogP contribution in [0.5, 0.6) is 0 Å². The number of aromatic nitrogens is 2. The lowest BCUT2D eigenvalue weighted by Gasteiger charge is -2.55. The number of anilines is 1. The van der Waals surface area contributed by atoms with Crippen LogP contribution < -0.4 is 5.32 Å². The third kappa shape index (κ3) is 3.35. The largest absolute Gasteiger partial charge is 0.415 e. The maximum absolute atomic E-state index is 12.5. The summed E-state index contributed by atoms with van der Waals surface area (Å²) in [6.07, 6.45) is 7.71. The van der Waals surface area contributed by atoms with Crippen molar-refractivity contribution in [1.29, 1.82) is 0 Å². The monoisotopic (exact) mass is 417 g/mol. The van der Waals surface area contributed by atoms with Gasteiger partial charge >= 0.3 is 0 Å². The Kier molecular flexibility index (Phi) is 4.67. The van der Waals surface area contributed by atoms with Gasteiger partial charge in [0.1, 0.15) is 0 Å². The van der Waals surface area contributed by atoms with Crippen LogP contribution in [0.2, 0.25) is 5.02 Å². The van der Waals surface area contributed by atoms with Crippen molar-refractivity contribution in [3.8, 4) is 0 Å². The van der Waals surface area contributed by atoms with Crippen molar-refractivity contribution in [2.24, 2.45) is 17.8 Å². The van der Waals surface area contributed by atoms with Gasteiger partial charge in [-0.15, -0.1) is 10.2 Å². The van der Waals surface area contributed by atoms with Crippen LogP contribution in [0.3, 0.4) is 0 Å². The van der Waals surface area contributed by atoms with Gasteiger partial charge < -0.3 is 9.73 Å². The zero-order valence-electron chi connectivity index (χ0n) is 15.9. The number of para-hydroxylation sites is 1. The number of carbonyl (C=O) groups is 1. The fraction of sp³-hybridized carbons (Fsp3) is 0.571. The van der Waals surface area contributed by atoms with Gasteiger partial charge in [0.25, 0.3) is 5.22 Å². The minimum atomic E-state index is -0.360. The smallest absolute Gasteiger partial charge is 0.277 e. The van der Waals surface area contributed by atoms with Gasteiger partial charge in [0.15, 0.2) is 0 Å². The highest BCUT2D eigenvalue weighted by Gasteiger charge is 2.54. The molecule has 1 heterocycles. The Bertz CT molecular complexity index is 864. The minimum absolute atomic E-state index is 0.0869. The second-order valence-corrected chi connectivity index (χ2v) is 10.5. The Hall–Kier alpha value is -1.53. The van der Waals surface area contributed by atoms with Gasteiger partial charge in [-0.3, -0.25) is 4.79 Å². The Morgan fingerprint density at radius 1 is 1.18 bits per heavy atom. The van der Waals surface area contributed by atoms with Gasteiger partial charge in [0.05, 0.1) is 16.0 Å². The van der Waals surface area contributed by atoms with Crippen LogP contribution in [0.25, 0.3) is 0 Å². The van der Waals surface area contributed by atoms with E-state index in [1.54, 1.807) is 12.1 Å². The summed E-state index contributed by atoms with van der Waals surface area (Å²) in [5.41, 5.74) is 0.699. The van der Waals surface area contributed by atoms with Crippen molar-refractivity contribution in [3.05, 3.63) is 35.2 Å². The topological polar surface area (TPSA) is 68.0 Å². The molecule has 6 rings (SSSR count). The number of carbonyl (C=O) groups excluding carboxylic acids is 1. The molecule has 28 heavy (non-hydrogen) atoms. The highest BCUT2D eigenvalue weighted by Crippen LogP contribution is 2.60. The minimum Gasteiger partial charge on any atom is -0.415 e. The summed E-state index contributed by atoms with van der Waals surface area (Å²) >= 11 is 7.43. The number of halogens is 1. The van der Waals surface area contributed by atoms with E-state index in [2.05, 4.69) is 15.5 Å². The standard InChI is InChI=1S/C21H24ClN3O2S/c1-12(18(26)23-17-5-3-2-4-16(17)22)28-20-25-24-19(27-20)21-9-13-6-14(10-21)8-15(7-13)11-21/h2-5,12-15H,6-11H2,1H3,(H,23,26)/t12-,13?,14?,15?,21?/m1/s1. The molecule has 0 aliphatic heterocycles. The average Bonchev–Trinajstić information content (AvgIpc) is 3.12. The maximum Gasteiger partial charge on any atom is 0.277 e. The second-order valence-electron chi connectivity index (χ2n) is 8.80. The van der Waals surface area contributed by atoms with E-state index in [1.807, 2.05) is 19.1 Å². The summed E-state index contributed by atoms with van der Waals surface area (Å²) in [6, 6.07) is 7.22. The molecule has 4 aliphatic carbocycles. The lowest BCUT2D eigenvalue weighted by Crippen LogP contribution is -2.48.